The second kappa shape index (κ2) is 4.79. The van der Waals surface area contributed by atoms with E-state index < -0.39 is 12.1 Å². The zero-order valence-electron chi connectivity index (χ0n) is 8.04. The second-order valence-corrected chi connectivity index (χ2v) is 2.75. The van der Waals surface area contributed by atoms with Gasteiger partial charge in [0, 0.05) is 12.1 Å². The first-order valence-electron chi connectivity index (χ1n) is 4.15. The Morgan fingerprint density at radius 3 is 2.73 bits per heavy atom. The lowest BCUT2D eigenvalue weighted by molar-refractivity contribution is 0.111. The number of pyridine rings is 1. The number of ether oxygens (including phenoxy) is 1. The molecule has 4 nitrogen and oxygen atoms in total. The van der Waals surface area contributed by atoms with Crippen LogP contribution in [0, 0.1) is 0 Å². The Bertz CT molecular complexity index is 369. The Hall–Kier alpha value is -1.56. The van der Waals surface area contributed by atoms with Crippen molar-refractivity contribution in [2.24, 2.45) is 5.73 Å². The van der Waals surface area contributed by atoms with Crippen LogP contribution in [0.4, 0.5) is 8.78 Å². The number of hydrogen-bond acceptors (Lipinski definition) is 4. The molecule has 0 spiro atoms. The minimum absolute atomic E-state index is 0.00620. The highest BCUT2D eigenvalue weighted by atomic mass is 19.3. The predicted octanol–water partition coefficient (Wildman–Crippen LogP) is 1.30. The predicted molar refractivity (Wildman–Crippen MR) is 49.0 cm³/mol. The minimum Gasteiger partial charge on any atom is -0.494 e. The van der Waals surface area contributed by atoms with Crippen molar-refractivity contribution in [1.29, 1.82) is 0 Å². The zero-order chi connectivity index (χ0) is 11.4. The first-order chi connectivity index (χ1) is 7.13. The number of aldehydes is 1. The van der Waals surface area contributed by atoms with E-state index in [1.54, 1.807) is 0 Å². The largest absolute Gasteiger partial charge is 0.494 e. The molecule has 1 aromatic rings. The fourth-order valence-corrected chi connectivity index (χ4v) is 1.23. The van der Waals surface area contributed by atoms with E-state index in [-0.39, 0.29) is 18.0 Å². The molecule has 0 saturated heterocycles. The first kappa shape index (κ1) is 11.5. The van der Waals surface area contributed by atoms with Gasteiger partial charge in [-0.3, -0.25) is 4.79 Å². The van der Waals surface area contributed by atoms with Crippen LogP contribution in [0.5, 0.6) is 5.75 Å². The average molecular weight is 216 g/mol. The fraction of sp³-hybridized carbons (Fsp3) is 0.333. The lowest BCUT2D eigenvalue weighted by Crippen LogP contribution is -2.07. The van der Waals surface area contributed by atoms with E-state index in [0.717, 1.165) is 0 Å². The monoisotopic (exact) mass is 216 g/mol. The van der Waals surface area contributed by atoms with Gasteiger partial charge in [0.2, 0.25) is 0 Å². The maximum Gasteiger partial charge on any atom is 0.284 e. The van der Waals surface area contributed by atoms with Crippen LogP contribution in [0.2, 0.25) is 0 Å². The number of carbonyl (C=O) groups is 1. The van der Waals surface area contributed by atoms with Crippen LogP contribution in [0.3, 0.4) is 0 Å². The van der Waals surface area contributed by atoms with Crippen LogP contribution >= 0.6 is 0 Å². The lowest BCUT2D eigenvalue weighted by atomic mass is 10.1. The van der Waals surface area contributed by atoms with Crippen LogP contribution in [0.15, 0.2) is 6.07 Å². The summed E-state index contributed by atoms with van der Waals surface area (Å²) in [5, 5.41) is 0. The van der Waals surface area contributed by atoms with E-state index in [0.29, 0.717) is 11.8 Å². The van der Waals surface area contributed by atoms with Gasteiger partial charge in [0.15, 0.2) is 12.0 Å². The molecule has 1 aromatic heterocycles. The summed E-state index contributed by atoms with van der Waals surface area (Å²) in [6.07, 6.45) is -2.41. The summed E-state index contributed by atoms with van der Waals surface area (Å²) in [6.45, 7) is 0.00620. The van der Waals surface area contributed by atoms with Crippen molar-refractivity contribution >= 4 is 6.29 Å². The van der Waals surface area contributed by atoms with E-state index in [1.165, 1.54) is 13.2 Å². The van der Waals surface area contributed by atoms with E-state index in [4.69, 9.17) is 10.5 Å². The molecule has 0 aliphatic heterocycles. The van der Waals surface area contributed by atoms with Gasteiger partial charge in [0.1, 0.15) is 11.4 Å². The van der Waals surface area contributed by atoms with Gasteiger partial charge in [-0.2, -0.15) is 0 Å². The van der Waals surface area contributed by atoms with Crippen molar-refractivity contribution in [3.63, 3.8) is 0 Å². The molecule has 0 aliphatic rings. The van der Waals surface area contributed by atoms with Gasteiger partial charge in [-0.15, -0.1) is 0 Å². The normalized spacial score (nSPS) is 10.5. The highest BCUT2D eigenvalue weighted by Crippen LogP contribution is 2.30. The van der Waals surface area contributed by atoms with Crippen molar-refractivity contribution < 1.29 is 18.3 Å². The lowest BCUT2D eigenvalue weighted by Gasteiger charge is -2.11. The maximum atomic E-state index is 12.5. The van der Waals surface area contributed by atoms with Crippen molar-refractivity contribution in [2.45, 2.75) is 13.0 Å². The van der Waals surface area contributed by atoms with Crippen molar-refractivity contribution in [3.8, 4) is 5.75 Å². The van der Waals surface area contributed by atoms with Gasteiger partial charge in [-0.1, -0.05) is 0 Å². The number of methoxy groups -OCH3 is 1. The van der Waals surface area contributed by atoms with E-state index in [9.17, 15) is 13.6 Å². The topological polar surface area (TPSA) is 65.2 Å². The SMILES string of the molecule is COc1c(CN)cc(C=O)nc1C(F)F. The highest BCUT2D eigenvalue weighted by molar-refractivity contribution is 5.73. The van der Waals surface area contributed by atoms with Gasteiger partial charge < -0.3 is 10.5 Å². The van der Waals surface area contributed by atoms with Crippen LogP contribution in [-0.4, -0.2) is 18.4 Å². The van der Waals surface area contributed by atoms with Crippen molar-refractivity contribution in [2.75, 3.05) is 7.11 Å². The number of halogens is 2. The minimum atomic E-state index is -2.80. The van der Waals surface area contributed by atoms with E-state index >= 15 is 0 Å². The van der Waals surface area contributed by atoms with E-state index in [1.807, 2.05) is 0 Å². The molecule has 1 heterocycles. The van der Waals surface area contributed by atoms with Gasteiger partial charge in [0.05, 0.1) is 7.11 Å². The number of rotatable bonds is 4. The molecule has 0 bridgehead atoms. The molecule has 0 saturated carbocycles. The standard InChI is InChI=1S/C9H10F2N2O2/c1-15-8-5(3-12)2-6(4-14)13-7(8)9(10)11/h2,4,9H,3,12H2,1H3. The Morgan fingerprint density at radius 1 is 1.67 bits per heavy atom. The number of hydrogen-bond donors (Lipinski definition) is 1. The Morgan fingerprint density at radius 2 is 2.33 bits per heavy atom. The van der Waals surface area contributed by atoms with Crippen LogP contribution in [-0.2, 0) is 6.54 Å². The molecule has 2 N–H and O–H groups in total. The summed E-state index contributed by atoms with van der Waals surface area (Å²) in [7, 11) is 1.25. The number of aromatic nitrogens is 1. The fourth-order valence-electron chi connectivity index (χ4n) is 1.23. The summed E-state index contributed by atoms with van der Waals surface area (Å²) >= 11 is 0. The van der Waals surface area contributed by atoms with Crippen molar-refractivity contribution in [3.05, 3.63) is 23.0 Å². The maximum absolute atomic E-state index is 12.5. The average Bonchev–Trinajstić information content (AvgIpc) is 2.26. The first-order valence-corrected chi connectivity index (χ1v) is 4.15. The zero-order valence-corrected chi connectivity index (χ0v) is 8.04. The molecule has 0 amide bonds. The summed E-state index contributed by atoms with van der Waals surface area (Å²) in [4.78, 5) is 13.9. The Labute approximate surface area is 85.1 Å². The molecule has 82 valence electrons. The van der Waals surface area contributed by atoms with E-state index in [2.05, 4.69) is 4.98 Å². The summed E-state index contributed by atoms with van der Waals surface area (Å²) in [5.74, 6) is -0.0573. The number of alkyl halides is 2. The number of carbonyl (C=O) groups excluding carboxylic acids is 1. The van der Waals surface area contributed by atoms with Gasteiger partial charge >= 0.3 is 0 Å². The third-order valence-electron chi connectivity index (χ3n) is 1.85. The molecular weight excluding hydrogens is 206 g/mol. The highest BCUT2D eigenvalue weighted by Gasteiger charge is 2.19. The van der Waals surface area contributed by atoms with Crippen LogP contribution < -0.4 is 10.5 Å². The van der Waals surface area contributed by atoms with Gasteiger partial charge in [0.25, 0.3) is 6.43 Å². The Balaban J connectivity index is 3.38. The molecule has 0 radical (unpaired) electrons. The third-order valence-corrected chi connectivity index (χ3v) is 1.85. The molecule has 0 fully saturated rings. The van der Waals surface area contributed by atoms with Crippen molar-refractivity contribution in [1.82, 2.24) is 4.98 Å². The molecule has 6 heteroatoms. The molecular formula is C9H10F2N2O2. The molecule has 0 atom stereocenters. The number of nitrogens with zero attached hydrogens (tertiary/aromatic N) is 1. The summed E-state index contributed by atoms with van der Waals surface area (Å²) < 4.78 is 29.9. The summed E-state index contributed by atoms with van der Waals surface area (Å²) in [6, 6.07) is 1.33. The molecule has 0 aliphatic carbocycles. The second-order valence-electron chi connectivity index (χ2n) is 2.75. The molecule has 0 aromatic carbocycles. The number of nitrogens with two attached hydrogens (primary N) is 1. The summed E-state index contributed by atoms with van der Waals surface area (Å²) in [5.41, 5.74) is 5.06. The Kier molecular flexibility index (Phi) is 3.68. The van der Waals surface area contributed by atoms with Crippen LogP contribution in [0.25, 0.3) is 0 Å². The molecule has 1 rings (SSSR count). The van der Waals surface area contributed by atoms with Gasteiger partial charge in [-0.05, 0) is 6.07 Å². The van der Waals surface area contributed by atoms with Crippen LogP contribution in [0.1, 0.15) is 28.2 Å². The van der Waals surface area contributed by atoms with Gasteiger partial charge in [-0.25, -0.2) is 13.8 Å². The quantitative estimate of drug-likeness (QED) is 0.770. The molecule has 0 unspecified atom stereocenters. The third kappa shape index (κ3) is 2.27. The molecule has 15 heavy (non-hydrogen) atoms. The smallest absolute Gasteiger partial charge is 0.284 e.